The molecular weight excluding hydrogens is 745 g/mol. The number of fused-ring (bicyclic) bond motifs is 2. The van der Waals surface area contributed by atoms with Crippen LogP contribution in [0.1, 0.15) is 86.3 Å². The fraction of sp³-hybridized carbons (Fsp3) is 0.400. The van der Waals surface area contributed by atoms with Crippen LogP contribution in [0.2, 0.25) is 0 Å². The van der Waals surface area contributed by atoms with Crippen LogP contribution in [-0.4, -0.2) is 65.9 Å². The maximum Gasteiger partial charge on any atom is 0.408 e. The summed E-state index contributed by atoms with van der Waals surface area (Å²) in [7, 11) is 0. The number of carbonyl (C=O) groups is 1. The Kier molecular flexibility index (Phi) is 13.6. The van der Waals surface area contributed by atoms with Gasteiger partial charge in [0.25, 0.3) is 0 Å². The smallest absolute Gasteiger partial charge is 0.408 e. The first-order valence-electron chi connectivity index (χ1n) is 19.6. The number of hydrogen-bond acceptors (Lipinski definition) is 11. The summed E-state index contributed by atoms with van der Waals surface area (Å²) in [6.45, 7) is 18.3. The number of ether oxygens (including phenoxy) is 3. The van der Waals surface area contributed by atoms with Crippen molar-refractivity contribution in [2.75, 3.05) is 13.2 Å². The lowest BCUT2D eigenvalue weighted by atomic mass is 9.91. The molecule has 14 nitrogen and oxygen atoms in total. The van der Waals surface area contributed by atoms with Crippen LogP contribution in [-0.2, 0) is 4.74 Å². The van der Waals surface area contributed by atoms with Gasteiger partial charge in [-0.3, -0.25) is 0 Å². The minimum Gasteiger partial charge on any atom is -0.490 e. The van der Waals surface area contributed by atoms with Crippen LogP contribution < -0.4 is 20.5 Å². The molecule has 0 unspecified atom stereocenters. The molecule has 0 saturated carbocycles. The summed E-state index contributed by atoms with van der Waals surface area (Å²) in [6.07, 6.45) is 7.66. The fourth-order valence-electron chi connectivity index (χ4n) is 7.05. The number of alkyl carbamates (subject to hydrolysis) is 1. The van der Waals surface area contributed by atoms with Crippen molar-refractivity contribution in [3.63, 3.8) is 0 Å². The molecule has 14 heteroatoms. The second-order valence-corrected chi connectivity index (χ2v) is 17.2. The van der Waals surface area contributed by atoms with Crippen molar-refractivity contribution in [1.29, 1.82) is 10.5 Å². The third-order valence-electron chi connectivity index (χ3n) is 9.09. The van der Waals surface area contributed by atoms with Crippen molar-refractivity contribution in [3.05, 3.63) is 84.7 Å². The Morgan fingerprint density at radius 1 is 0.729 bits per heavy atom. The lowest BCUT2D eigenvalue weighted by Gasteiger charge is -2.33. The molecule has 0 spiro atoms. The van der Waals surface area contributed by atoms with E-state index in [1.807, 2.05) is 65.1 Å². The van der Waals surface area contributed by atoms with Crippen molar-refractivity contribution >= 4 is 28.2 Å². The summed E-state index contributed by atoms with van der Waals surface area (Å²) < 4.78 is 17.4. The van der Waals surface area contributed by atoms with Gasteiger partial charge in [0, 0.05) is 39.8 Å². The second kappa shape index (κ2) is 18.4. The van der Waals surface area contributed by atoms with Gasteiger partial charge in [-0.25, -0.2) is 24.7 Å². The molecule has 5 N–H and O–H groups in total. The van der Waals surface area contributed by atoms with Crippen molar-refractivity contribution in [1.82, 2.24) is 35.2 Å². The Bertz CT molecular complexity index is 2470. The minimum atomic E-state index is -0.675. The Balaban J connectivity index is 0.000000230. The Morgan fingerprint density at radius 3 is 1.64 bits per heavy atom. The molecule has 0 aliphatic carbocycles. The lowest BCUT2D eigenvalue weighted by Crippen LogP contribution is -2.52. The molecule has 0 bridgehead atoms. The van der Waals surface area contributed by atoms with Crippen molar-refractivity contribution < 1.29 is 19.0 Å². The number of aromatic nitrogens is 6. The van der Waals surface area contributed by atoms with E-state index in [0.717, 1.165) is 51.0 Å². The first-order valence-corrected chi connectivity index (χ1v) is 19.6. The van der Waals surface area contributed by atoms with E-state index in [1.165, 1.54) is 12.7 Å². The molecule has 2 atom stereocenters. The summed E-state index contributed by atoms with van der Waals surface area (Å²) in [6, 6.07) is 19.1. The highest BCUT2D eigenvalue weighted by atomic mass is 16.6. The lowest BCUT2D eigenvalue weighted by molar-refractivity contribution is 0.0408. The number of nitriles is 2. The van der Waals surface area contributed by atoms with Gasteiger partial charge in [-0.2, -0.15) is 10.5 Å². The van der Waals surface area contributed by atoms with E-state index >= 15 is 0 Å². The van der Waals surface area contributed by atoms with E-state index in [9.17, 15) is 15.3 Å². The molecule has 0 radical (unpaired) electrons. The maximum atomic E-state index is 12.4. The summed E-state index contributed by atoms with van der Waals surface area (Å²) in [5, 5.41) is 24.0. The molecule has 6 rings (SSSR count). The number of hydrogen-bond donors (Lipinski definition) is 4. The minimum absolute atomic E-state index is 0.189. The topological polar surface area (TPSA) is 214 Å². The summed E-state index contributed by atoms with van der Waals surface area (Å²) in [5.41, 5.74) is 10.1. The predicted octanol–water partition coefficient (Wildman–Crippen LogP) is 8.84. The molecule has 59 heavy (non-hydrogen) atoms. The number of nitrogens with two attached hydrogens (primary N) is 1. The van der Waals surface area contributed by atoms with E-state index in [0.29, 0.717) is 47.5 Å². The van der Waals surface area contributed by atoms with E-state index in [4.69, 9.17) is 19.9 Å². The molecule has 0 fully saturated rings. The molecule has 4 heterocycles. The second-order valence-electron chi connectivity index (χ2n) is 17.2. The number of amides is 1. The summed E-state index contributed by atoms with van der Waals surface area (Å²) in [5.74, 6) is 1.78. The third-order valence-corrected chi connectivity index (χ3v) is 9.09. The van der Waals surface area contributed by atoms with Gasteiger partial charge < -0.3 is 35.2 Å². The first-order chi connectivity index (χ1) is 27.9. The van der Waals surface area contributed by atoms with Crippen LogP contribution >= 0.6 is 0 Å². The van der Waals surface area contributed by atoms with Crippen LogP contribution in [0, 0.1) is 34.5 Å². The third kappa shape index (κ3) is 11.8. The predicted molar refractivity (Wildman–Crippen MR) is 228 cm³/mol. The van der Waals surface area contributed by atoms with Crippen LogP contribution in [0.4, 0.5) is 4.79 Å². The number of nitrogens with zero attached hydrogens (tertiary/aromatic N) is 6. The fourth-order valence-corrected chi connectivity index (χ4v) is 7.05. The average Bonchev–Trinajstić information content (AvgIpc) is 3.85. The highest BCUT2D eigenvalue weighted by molar-refractivity contribution is 5.91. The summed E-state index contributed by atoms with van der Waals surface area (Å²) in [4.78, 5) is 35.7. The zero-order chi connectivity index (χ0) is 43.0. The molecule has 4 aromatic heterocycles. The monoisotopic (exact) mass is 798 g/mol. The number of aromatic amines is 2. The largest absolute Gasteiger partial charge is 0.490 e. The summed E-state index contributed by atoms with van der Waals surface area (Å²) >= 11 is 0. The van der Waals surface area contributed by atoms with Gasteiger partial charge in [0.05, 0.1) is 28.1 Å². The molecule has 1 amide bonds. The standard InChI is InChI=1S/C25H31N5O3.C20H23N5O/c1-16(2)12-25(6,30-23(31)33-24(3,4)5)14-32-20-8-7-17(11-18(20)13-26)21-19-9-10-27-22(19)29-15-28-21;1-13(2)9-20(3,22)11-26-17-5-4-14(8-15(17)10-21)18-16-6-7-23-19(16)25-12-24-18/h7-11,15-16H,12,14H2,1-6H3,(H,30,31)(H,27,28,29);4-8,12-13H,9,11,22H2,1-3H3,(H,23,24,25)/t25-;20-/m00/s1. The number of H-pyrrole nitrogens is 2. The van der Waals surface area contributed by atoms with Gasteiger partial charge in [-0.1, -0.05) is 27.7 Å². The normalized spacial score (nSPS) is 13.5. The SMILES string of the molecule is CC(C)C[C@@](C)(COc1ccc(-c2ncnc3[nH]ccc23)cc1C#N)NC(=O)OC(C)(C)C.CC(C)C[C@](C)(N)COc1ccc(-c2ncnc3[nH]ccc23)cc1C#N. The molecule has 2 aromatic carbocycles. The number of benzene rings is 2. The van der Waals surface area contributed by atoms with Gasteiger partial charge in [0.15, 0.2) is 0 Å². The van der Waals surface area contributed by atoms with E-state index in [2.05, 4.69) is 75.1 Å². The van der Waals surface area contributed by atoms with E-state index in [-0.39, 0.29) is 6.61 Å². The van der Waals surface area contributed by atoms with E-state index in [1.54, 1.807) is 30.5 Å². The van der Waals surface area contributed by atoms with Gasteiger partial charge in [0.1, 0.15) is 66.4 Å². The van der Waals surface area contributed by atoms with Crippen molar-refractivity contribution in [3.8, 4) is 46.2 Å². The van der Waals surface area contributed by atoms with Crippen molar-refractivity contribution in [2.24, 2.45) is 17.6 Å². The Morgan fingerprint density at radius 2 is 1.20 bits per heavy atom. The van der Waals surface area contributed by atoms with Gasteiger partial charge in [-0.15, -0.1) is 0 Å². The molecule has 0 saturated heterocycles. The molecular formula is C45H54N10O4. The van der Waals surface area contributed by atoms with Crippen LogP contribution in [0.15, 0.2) is 73.6 Å². The van der Waals surface area contributed by atoms with Crippen LogP contribution in [0.25, 0.3) is 44.6 Å². The quantitative estimate of drug-likeness (QED) is 0.0866. The number of carbonyl (C=O) groups excluding carboxylic acids is 1. The van der Waals surface area contributed by atoms with Crippen LogP contribution in [0.5, 0.6) is 11.5 Å². The zero-order valence-corrected chi connectivity index (χ0v) is 35.3. The van der Waals surface area contributed by atoms with E-state index < -0.39 is 22.8 Å². The van der Waals surface area contributed by atoms with Gasteiger partial charge >= 0.3 is 6.09 Å². The number of nitrogens with one attached hydrogen (secondary N) is 3. The van der Waals surface area contributed by atoms with Crippen LogP contribution in [0.3, 0.4) is 0 Å². The first kappa shape index (κ1) is 43.6. The molecule has 308 valence electrons. The van der Waals surface area contributed by atoms with Gasteiger partial charge in [0.2, 0.25) is 0 Å². The average molecular weight is 799 g/mol. The Hall–Kier alpha value is -6.51. The Labute approximate surface area is 345 Å². The highest BCUT2D eigenvalue weighted by Crippen LogP contribution is 2.32. The molecule has 0 aliphatic heterocycles. The maximum absolute atomic E-state index is 12.4. The highest BCUT2D eigenvalue weighted by Gasteiger charge is 2.31. The molecule has 0 aliphatic rings. The van der Waals surface area contributed by atoms with Crippen molar-refractivity contribution in [2.45, 2.75) is 91.8 Å². The van der Waals surface area contributed by atoms with Gasteiger partial charge in [-0.05, 0) is 108 Å². The molecule has 6 aromatic rings. The number of rotatable bonds is 13. The zero-order valence-electron chi connectivity index (χ0n) is 35.3.